The number of nitrogens with zero attached hydrogens (tertiary/aromatic N) is 3. The summed E-state index contributed by atoms with van der Waals surface area (Å²) in [5.41, 5.74) is 11.2. The Balaban J connectivity index is 2.95. The van der Waals surface area contributed by atoms with Crippen LogP contribution in [0.15, 0.2) is 35.9 Å². The molecule has 0 fully saturated rings. The highest BCUT2D eigenvalue weighted by Crippen LogP contribution is 2.13. The molecule has 1 aromatic carbocycles. The van der Waals surface area contributed by atoms with Gasteiger partial charge in [0.25, 0.3) is 5.69 Å². The smallest absolute Gasteiger partial charge is 0.302 e. The number of hydrogen-bond acceptors (Lipinski definition) is 2. The van der Waals surface area contributed by atoms with Gasteiger partial charge in [0.2, 0.25) is 0 Å². The van der Waals surface area contributed by atoms with E-state index in [0.717, 1.165) is 5.57 Å². The van der Waals surface area contributed by atoms with Gasteiger partial charge in [-0.05, 0) is 26.0 Å². The van der Waals surface area contributed by atoms with Crippen LogP contribution in [0.1, 0.15) is 25.8 Å². The summed E-state index contributed by atoms with van der Waals surface area (Å²) in [7, 11) is 0. The maximum atomic E-state index is 10.5. The number of benzene rings is 1. The molecule has 0 amide bonds. The third kappa shape index (κ3) is 3.66. The van der Waals surface area contributed by atoms with E-state index in [1.807, 2.05) is 19.9 Å². The average Bonchev–Trinajstić information content (AvgIpc) is 2.30. The largest absolute Gasteiger partial charge is 0.361 e. The monoisotopic (exact) mass is 231 g/mol. The number of hydrogen-bond donors (Lipinski definition) is 0. The van der Waals surface area contributed by atoms with Crippen LogP contribution in [-0.2, 0) is 0 Å². The third-order valence-corrected chi connectivity index (χ3v) is 2.24. The van der Waals surface area contributed by atoms with Crippen LogP contribution >= 0.6 is 0 Å². The highest BCUT2D eigenvalue weighted by atomic mass is 16.6. The normalized spacial score (nSPS) is 9.29. The van der Waals surface area contributed by atoms with E-state index in [2.05, 4.69) is 4.79 Å². The first-order chi connectivity index (χ1) is 8.04. The first kappa shape index (κ1) is 12.8. The Hall–Kier alpha value is -2.26. The van der Waals surface area contributed by atoms with Crippen molar-refractivity contribution in [3.63, 3.8) is 0 Å². The van der Waals surface area contributed by atoms with Crippen molar-refractivity contribution in [2.45, 2.75) is 20.3 Å². The Kier molecular flexibility index (Phi) is 4.31. The van der Waals surface area contributed by atoms with E-state index >= 15 is 0 Å². The minimum absolute atomic E-state index is 0.0215. The number of allylic oxidation sites excluding steroid dienone is 2. The van der Waals surface area contributed by atoms with Gasteiger partial charge in [0, 0.05) is 12.1 Å². The second kappa shape index (κ2) is 5.72. The van der Waals surface area contributed by atoms with Gasteiger partial charge in [0.15, 0.2) is 0 Å². The summed E-state index contributed by atoms with van der Waals surface area (Å²) < 4.78 is 0. The summed E-state index contributed by atoms with van der Waals surface area (Å²) >= 11 is 0. The molecule has 0 N–H and O–H groups in total. The zero-order valence-electron chi connectivity index (χ0n) is 9.75. The molecule has 88 valence electrons. The summed E-state index contributed by atoms with van der Waals surface area (Å²) in [6, 6.07) is 5.93. The second-order valence-electron chi connectivity index (χ2n) is 3.84. The Labute approximate surface area is 99.2 Å². The standard InChI is InChI=1S/C12H13N3O2/c1-9(2)3-8-12(14-13)10-4-6-11(7-5-10)15(16)17/h3-7H,8H2,1-2H3. The Morgan fingerprint density at radius 3 is 2.41 bits per heavy atom. The van der Waals surface area contributed by atoms with Gasteiger partial charge in [-0.2, -0.15) is 4.79 Å². The number of nitro groups is 1. The van der Waals surface area contributed by atoms with Crippen LogP contribution in [0.3, 0.4) is 0 Å². The third-order valence-electron chi connectivity index (χ3n) is 2.24. The van der Waals surface area contributed by atoms with Crippen molar-refractivity contribution in [2.75, 3.05) is 0 Å². The van der Waals surface area contributed by atoms with Crippen LogP contribution in [0.5, 0.6) is 0 Å². The average molecular weight is 231 g/mol. The topological polar surface area (TPSA) is 79.5 Å². The van der Waals surface area contributed by atoms with E-state index in [9.17, 15) is 10.1 Å². The number of non-ortho nitro benzene ring substituents is 1. The summed E-state index contributed by atoms with van der Waals surface area (Å²) in [6.07, 6.45) is 2.42. The van der Waals surface area contributed by atoms with Crippen LogP contribution in [0.4, 0.5) is 5.69 Å². The highest BCUT2D eigenvalue weighted by Gasteiger charge is 2.12. The van der Waals surface area contributed by atoms with Crippen molar-refractivity contribution in [2.24, 2.45) is 0 Å². The summed E-state index contributed by atoms with van der Waals surface area (Å²) in [5.74, 6) is 0. The van der Waals surface area contributed by atoms with E-state index < -0.39 is 4.92 Å². The molecule has 0 heterocycles. The van der Waals surface area contributed by atoms with E-state index in [4.69, 9.17) is 5.53 Å². The van der Waals surface area contributed by atoms with Gasteiger partial charge >= 0.3 is 5.71 Å². The van der Waals surface area contributed by atoms with Crippen molar-refractivity contribution in [1.29, 1.82) is 0 Å². The van der Waals surface area contributed by atoms with Crippen molar-refractivity contribution in [3.8, 4) is 0 Å². The zero-order chi connectivity index (χ0) is 12.8. The van der Waals surface area contributed by atoms with Gasteiger partial charge < -0.3 is 5.53 Å². The fourth-order valence-corrected chi connectivity index (χ4v) is 1.29. The van der Waals surface area contributed by atoms with E-state index in [1.165, 1.54) is 12.1 Å². The molecule has 0 unspecified atom stereocenters. The van der Waals surface area contributed by atoms with Gasteiger partial charge in [-0.1, -0.05) is 11.6 Å². The Morgan fingerprint density at radius 2 is 2.00 bits per heavy atom. The summed E-state index contributed by atoms with van der Waals surface area (Å²) in [5, 5.41) is 10.5. The van der Waals surface area contributed by atoms with Crippen LogP contribution in [0.25, 0.3) is 5.53 Å². The minimum atomic E-state index is -0.463. The molecular formula is C12H13N3O2. The van der Waals surface area contributed by atoms with Crippen molar-refractivity contribution < 1.29 is 9.71 Å². The molecule has 1 aromatic rings. The van der Waals surface area contributed by atoms with Gasteiger partial charge in [0.1, 0.15) is 0 Å². The van der Waals surface area contributed by atoms with Crippen LogP contribution in [0.2, 0.25) is 0 Å². The first-order valence-corrected chi connectivity index (χ1v) is 5.13. The maximum Gasteiger partial charge on any atom is 0.302 e. The lowest BCUT2D eigenvalue weighted by Crippen LogP contribution is -2.01. The first-order valence-electron chi connectivity index (χ1n) is 5.13. The molecule has 17 heavy (non-hydrogen) atoms. The molecule has 0 spiro atoms. The Morgan fingerprint density at radius 1 is 1.41 bits per heavy atom. The molecular weight excluding hydrogens is 218 g/mol. The molecule has 5 heteroatoms. The van der Waals surface area contributed by atoms with Gasteiger partial charge in [-0.3, -0.25) is 10.1 Å². The molecule has 0 aliphatic rings. The molecule has 0 radical (unpaired) electrons. The predicted octanol–water partition coefficient (Wildman–Crippen LogP) is 2.97. The molecule has 0 atom stereocenters. The molecule has 0 aliphatic heterocycles. The number of rotatable bonds is 4. The molecule has 0 bridgehead atoms. The van der Waals surface area contributed by atoms with E-state index in [1.54, 1.807) is 12.1 Å². The molecule has 0 aliphatic carbocycles. The van der Waals surface area contributed by atoms with Crippen LogP contribution in [0, 0.1) is 10.1 Å². The lowest BCUT2D eigenvalue weighted by molar-refractivity contribution is -0.384. The van der Waals surface area contributed by atoms with E-state index in [-0.39, 0.29) is 5.69 Å². The SMILES string of the molecule is CC(C)=CCC(=[N+]=[N-])c1ccc([N+](=O)[O-])cc1. The Bertz CT molecular complexity index is 493. The fraction of sp³-hybridized carbons (Fsp3) is 0.250. The fourth-order valence-electron chi connectivity index (χ4n) is 1.29. The molecule has 1 rings (SSSR count). The lowest BCUT2D eigenvalue weighted by Gasteiger charge is -1.95. The summed E-state index contributed by atoms with van der Waals surface area (Å²) in [4.78, 5) is 13.2. The van der Waals surface area contributed by atoms with Gasteiger partial charge in [0.05, 0.1) is 16.9 Å². The maximum absolute atomic E-state index is 10.5. The second-order valence-corrected chi connectivity index (χ2v) is 3.84. The van der Waals surface area contributed by atoms with E-state index in [0.29, 0.717) is 17.7 Å². The zero-order valence-corrected chi connectivity index (χ0v) is 9.75. The van der Waals surface area contributed by atoms with Crippen LogP contribution < -0.4 is 0 Å². The van der Waals surface area contributed by atoms with Crippen LogP contribution in [-0.4, -0.2) is 15.4 Å². The molecule has 5 nitrogen and oxygen atoms in total. The van der Waals surface area contributed by atoms with Crippen molar-refractivity contribution >= 4 is 11.4 Å². The predicted molar refractivity (Wildman–Crippen MR) is 64.9 cm³/mol. The van der Waals surface area contributed by atoms with Crippen molar-refractivity contribution in [3.05, 3.63) is 57.1 Å². The molecule has 0 saturated carbocycles. The number of nitro benzene ring substituents is 1. The lowest BCUT2D eigenvalue weighted by atomic mass is 10.1. The highest BCUT2D eigenvalue weighted by molar-refractivity contribution is 5.97. The molecule has 0 saturated heterocycles. The van der Waals surface area contributed by atoms with Crippen molar-refractivity contribution in [1.82, 2.24) is 0 Å². The molecule has 0 aromatic heterocycles. The summed E-state index contributed by atoms with van der Waals surface area (Å²) in [6.45, 7) is 3.90. The van der Waals surface area contributed by atoms with Gasteiger partial charge in [-0.25, -0.2) is 0 Å². The van der Waals surface area contributed by atoms with Gasteiger partial charge in [-0.15, -0.1) is 0 Å². The minimum Gasteiger partial charge on any atom is -0.361 e. The quantitative estimate of drug-likeness (QED) is 0.199.